The number of nitrogens with one attached hydrogen (secondary N) is 1. The lowest BCUT2D eigenvalue weighted by Gasteiger charge is -2.20. The van der Waals surface area contributed by atoms with E-state index in [1.807, 2.05) is 0 Å². The highest BCUT2D eigenvalue weighted by Gasteiger charge is 2.53. The van der Waals surface area contributed by atoms with E-state index in [9.17, 15) is 26.7 Å². The van der Waals surface area contributed by atoms with Gasteiger partial charge in [-0.15, -0.1) is 0 Å². The summed E-state index contributed by atoms with van der Waals surface area (Å²) in [6.07, 6.45) is -2.87. The molecular formula is C20H17F5N4O. The quantitative estimate of drug-likeness (QED) is 0.578. The number of hydrogen-bond acceptors (Lipinski definition) is 4. The molecule has 30 heavy (non-hydrogen) atoms. The number of alkyl halides is 4. The highest BCUT2D eigenvalue weighted by molar-refractivity contribution is 5.88. The Morgan fingerprint density at radius 2 is 1.83 bits per heavy atom. The van der Waals surface area contributed by atoms with E-state index in [4.69, 9.17) is 0 Å². The number of anilines is 1. The van der Waals surface area contributed by atoms with Gasteiger partial charge in [0.25, 0.3) is 18.4 Å². The first-order valence-corrected chi connectivity index (χ1v) is 9.23. The van der Waals surface area contributed by atoms with Gasteiger partial charge in [-0.1, -0.05) is 18.2 Å². The fourth-order valence-electron chi connectivity index (χ4n) is 3.54. The Bertz CT molecular complexity index is 1160. The first-order chi connectivity index (χ1) is 14.2. The van der Waals surface area contributed by atoms with Gasteiger partial charge >= 0.3 is 0 Å². The highest BCUT2D eigenvalue weighted by atomic mass is 19.3. The van der Waals surface area contributed by atoms with Gasteiger partial charge in [0.1, 0.15) is 23.5 Å². The summed E-state index contributed by atoms with van der Waals surface area (Å²) in [7, 11) is 0. The van der Waals surface area contributed by atoms with Crippen molar-refractivity contribution in [3.05, 3.63) is 64.1 Å². The zero-order chi connectivity index (χ0) is 21.6. The molecule has 1 saturated carbocycles. The van der Waals surface area contributed by atoms with Gasteiger partial charge in [-0.2, -0.15) is 0 Å². The van der Waals surface area contributed by atoms with Crippen molar-refractivity contribution in [2.45, 2.75) is 44.2 Å². The van der Waals surface area contributed by atoms with Gasteiger partial charge in [0.15, 0.2) is 0 Å². The van der Waals surface area contributed by atoms with Gasteiger partial charge in [-0.05, 0) is 19.8 Å². The van der Waals surface area contributed by atoms with Crippen LogP contribution in [0.15, 0.2) is 41.6 Å². The van der Waals surface area contributed by atoms with Crippen molar-refractivity contribution in [2.75, 3.05) is 5.32 Å². The number of benzene rings is 1. The number of nitrogens with zero attached hydrogens (tertiary/aromatic N) is 3. The maximum Gasteiger partial charge on any atom is 0.266 e. The molecular weight excluding hydrogens is 407 g/mol. The first-order valence-electron chi connectivity index (χ1n) is 9.23. The normalized spacial score (nSPS) is 16.3. The lowest BCUT2D eigenvalue weighted by atomic mass is 10.0. The summed E-state index contributed by atoms with van der Waals surface area (Å²) in [5, 5.41) is 3.21. The maximum absolute atomic E-state index is 14.5. The molecule has 0 unspecified atom stereocenters. The molecule has 1 aliphatic rings. The molecule has 0 saturated heterocycles. The average Bonchev–Trinajstić information content (AvgIpc) is 3.49. The monoisotopic (exact) mass is 424 g/mol. The molecule has 1 aromatic carbocycles. The van der Waals surface area contributed by atoms with Crippen molar-refractivity contribution < 1.29 is 22.0 Å². The second-order valence-corrected chi connectivity index (χ2v) is 7.32. The van der Waals surface area contributed by atoms with E-state index >= 15 is 0 Å². The van der Waals surface area contributed by atoms with Crippen LogP contribution in [0.4, 0.5) is 27.8 Å². The van der Waals surface area contributed by atoms with Crippen LogP contribution < -0.4 is 10.9 Å². The molecule has 0 spiro atoms. The summed E-state index contributed by atoms with van der Waals surface area (Å²) < 4.78 is 68.5. The lowest BCUT2D eigenvalue weighted by molar-refractivity contribution is 0.0654. The van der Waals surface area contributed by atoms with E-state index in [2.05, 4.69) is 15.3 Å². The molecule has 1 fully saturated rings. The van der Waals surface area contributed by atoms with Crippen molar-refractivity contribution >= 4 is 16.7 Å². The van der Waals surface area contributed by atoms with Crippen molar-refractivity contribution in [2.24, 2.45) is 0 Å². The van der Waals surface area contributed by atoms with Gasteiger partial charge in [0.05, 0.1) is 22.5 Å². The standard InChI is InChI=1S/C20H17F5N4O/c1-10(11-3-2-4-12(16(11)21)17(22)23)28-18-13-8-29(20(5-6-20)19(24)25)15(30)7-14(13)26-9-27-18/h2-4,7-10,17,19H,5-6H2,1H3,(H,26,27,28)/t10-/m1/s1. The molecule has 1 aliphatic carbocycles. The van der Waals surface area contributed by atoms with Gasteiger partial charge in [-0.25, -0.2) is 31.9 Å². The predicted octanol–water partition coefficient (Wildman–Crippen LogP) is 4.80. The summed E-state index contributed by atoms with van der Waals surface area (Å²) in [4.78, 5) is 20.4. The van der Waals surface area contributed by atoms with Crippen molar-refractivity contribution in [1.29, 1.82) is 0 Å². The largest absolute Gasteiger partial charge is 0.363 e. The predicted molar refractivity (Wildman–Crippen MR) is 100 cm³/mol. The molecule has 0 radical (unpaired) electrons. The Hall–Kier alpha value is -3.04. The smallest absolute Gasteiger partial charge is 0.266 e. The van der Waals surface area contributed by atoms with Crippen molar-refractivity contribution in [1.82, 2.24) is 14.5 Å². The summed E-state index contributed by atoms with van der Waals surface area (Å²) in [6, 6.07) is 4.08. The Kier molecular flexibility index (Phi) is 4.95. The Labute approximate surface area is 167 Å². The summed E-state index contributed by atoms with van der Waals surface area (Å²) >= 11 is 0. The van der Waals surface area contributed by atoms with E-state index in [0.717, 1.165) is 16.7 Å². The molecule has 2 aromatic heterocycles. The van der Waals surface area contributed by atoms with Crippen LogP contribution in [0.5, 0.6) is 0 Å². The minimum absolute atomic E-state index is 0.000808. The zero-order valence-electron chi connectivity index (χ0n) is 15.8. The highest BCUT2D eigenvalue weighted by Crippen LogP contribution is 2.48. The molecule has 158 valence electrons. The number of halogens is 5. The minimum atomic E-state index is -2.96. The van der Waals surface area contributed by atoms with E-state index in [1.165, 1.54) is 24.7 Å². The van der Waals surface area contributed by atoms with Crippen LogP contribution in [0.2, 0.25) is 0 Å². The first kappa shape index (κ1) is 20.2. The molecule has 4 rings (SSSR count). The van der Waals surface area contributed by atoms with E-state index in [1.54, 1.807) is 6.92 Å². The Morgan fingerprint density at radius 1 is 1.13 bits per heavy atom. The molecule has 0 aliphatic heterocycles. The number of fused-ring (bicyclic) bond motifs is 1. The molecule has 3 aromatic rings. The van der Waals surface area contributed by atoms with Crippen molar-refractivity contribution in [3.63, 3.8) is 0 Å². The Morgan fingerprint density at radius 3 is 2.47 bits per heavy atom. The number of aromatic nitrogens is 3. The van der Waals surface area contributed by atoms with E-state index in [-0.39, 0.29) is 29.7 Å². The average molecular weight is 424 g/mol. The molecule has 1 N–H and O–H groups in total. The topological polar surface area (TPSA) is 59.8 Å². The third-order valence-electron chi connectivity index (χ3n) is 5.43. The zero-order valence-corrected chi connectivity index (χ0v) is 15.8. The maximum atomic E-state index is 14.5. The summed E-state index contributed by atoms with van der Waals surface area (Å²) in [6.45, 7) is 1.55. The Balaban J connectivity index is 1.75. The third-order valence-corrected chi connectivity index (χ3v) is 5.43. The molecule has 2 heterocycles. The van der Waals surface area contributed by atoms with Crippen LogP contribution in [-0.2, 0) is 5.54 Å². The van der Waals surface area contributed by atoms with Gasteiger partial charge < -0.3 is 9.88 Å². The van der Waals surface area contributed by atoms with E-state index < -0.39 is 41.4 Å². The molecule has 1 atom stereocenters. The van der Waals surface area contributed by atoms with Gasteiger partial charge in [0, 0.05) is 17.8 Å². The number of hydrogen-bond donors (Lipinski definition) is 1. The second-order valence-electron chi connectivity index (χ2n) is 7.32. The van der Waals surface area contributed by atoms with Crippen molar-refractivity contribution in [3.8, 4) is 0 Å². The summed E-state index contributed by atoms with van der Waals surface area (Å²) in [5.41, 5.74) is -2.63. The fraction of sp³-hybridized carbons (Fsp3) is 0.350. The molecule has 5 nitrogen and oxygen atoms in total. The van der Waals surface area contributed by atoms with Gasteiger partial charge in [-0.3, -0.25) is 4.79 Å². The van der Waals surface area contributed by atoms with Crippen LogP contribution in [0.25, 0.3) is 10.9 Å². The number of rotatable bonds is 6. The van der Waals surface area contributed by atoms with Crippen LogP contribution >= 0.6 is 0 Å². The van der Waals surface area contributed by atoms with Crippen LogP contribution in [0.1, 0.15) is 43.4 Å². The molecule has 10 heteroatoms. The van der Waals surface area contributed by atoms with E-state index in [0.29, 0.717) is 5.39 Å². The molecule has 0 bridgehead atoms. The second kappa shape index (κ2) is 7.33. The third kappa shape index (κ3) is 3.29. The van der Waals surface area contributed by atoms with Gasteiger partial charge in [0.2, 0.25) is 0 Å². The van der Waals surface area contributed by atoms with Crippen LogP contribution in [-0.4, -0.2) is 21.0 Å². The summed E-state index contributed by atoms with van der Waals surface area (Å²) in [5.74, 6) is -0.856. The lowest BCUT2D eigenvalue weighted by Crippen LogP contribution is -2.35. The van der Waals surface area contributed by atoms with Crippen LogP contribution in [0.3, 0.4) is 0 Å². The fourth-order valence-corrected chi connectivity index (χ4v) is 3.54. The minimum Gasteiger partial charge on any atom is -0.363 e. The number of pyridine rings is 1. The molecule has 0 amide bonds. The SMILES string of the molecule is C[C@@H](Nc1ncnc2cc(=O)n(C3(C(F)F)CC3)cc12)c1cccc(C(F)F)c1F. The van der Waals surface area contributed by atoms with Crippen LogP contribution in [0, 0.1) is 5.82 Å².